The molecular weight excluding hydrogens is 368 g/mol. The third-order valence-electron chi connectivity index (χ3n) is 5.67. The highest BCUT2D eigenvalue weighted by Gasteiger charge is 2.46. The monoisotopic (exact) mass is 392 g/mol. The fraction of sp³-hybridized carbons (Fsp3) is 0.429. The van der Waals surface area contributed by atoms with Gasteiger partial charge < -0.3 is 19.9 Å². The molecule has 0 bridgehead atoms. The van der Waals surface area contributed by atoms with E-state index in [2.05, 4.69) is 26.3 Å². The van der Waals surface area contributed by atoms with Crippen LogP contribution in [0.3, 0.4) is 0 Å². The molecule has 2 saturated heterocycles. The van der Waals surface area contributed by atoms with Crippen LogP contribution in [0, 0.1) is 16.7 Å². The van der Waals surface area contributed by atoms with E-state index in [1.54, 1.807) is 17.2 Å². The van der Waals surface area contributed by atoms with Crippen LogP contribution in [0.1, 0.15) is 19.8 Å². The standard InChI is InChI=1S/C21H24N6O2/c1-2-21(15-22)6-8-27(20(21)28)16-5-7-23-19(13-16)25-18-4-3-17(14-24-18)26-9-11-29-12-10-26/h3-5,7,13-14H,2,6,8-12H2,1H3,(H,23,24,25). The van der Waals surface area contributed by atoms with Gasteiger partial charge in [-0.25, -0.2) is 9.97 Å². The molecule has 150 valence electrons. The van der Waals surface area contributed by atoms with Gasteiger partial charge in [0.15, 0.2) is 0 Å². The van der Waals surface area contributed by atoms with Crippen LogP contribution in [-0.4, -0.2) is 48.7 Å². The van der Waals surface area contributed by atoms with Crippen molar-refractivity contribution in [3.05, 3.63) is 36.7 Å². The molecule has 2 aliphatic rings. The van der Waals surface area contributed by atoms with E-state index < -0.39 is 5.41 Å². The highest BCUT2D eigenvalue weighted by molar-refractivity contribution is 6.01. The second kappa shape index (κ2) is 8.05. The number of ether oxygens (including phenoxy) is 1. The third kappa shape index (κ3) is 3.74. The van der Waals surface area contributed by atoms with Crippen LogP contribution in [0.25, 0.3) is 0 Å². The number of nitrogens with one attached hydrogen (secondary N) is 1. The first kappa shape index (κ1) is 19.2. The summed E-state index contributed by atoms with van der Waals surface area (Å²) in [5.74, 6) is 1.15. The van der Waals surface area contributed by atoms with Gasteiger partial charge in [-0.1, -0.05) is 6.92 Å². The Labute approximate surface area is 170 Å². The van der Waals surface area contributed by atoms with Gasteiger partial charge in [-0.2, -0.15) is 5.26 Å². The Balaban J connectivity index is 1.47. The van der Waals surface area contributed by atoms with E-state index in [0.717, 1.165) is 37.7 Å². The molecule has 8 nitrogen and oxygen atoms in total. The van der Waals surface area contributed by atoms with Crippen molar-refractivity contribution in [3.8, 4) is 6.07 Å². The number of carbonyl (C=O) groups excluding carboxylic acids is 1. The second-order valence-corrected chi connectivity index (χ2v) is 7.28. The first-order chi connectivity index (χ1) is 14.1. The number of aromatic nitrogens is 2. The van der Waals surface area contributed by atoms with Gasteiger partial charge >= 0.3 is 0 Å². The van der Waals surface area contributed by atoms with Gasteiger partial charge in [0.05, 0.1) is 31.2 Å². The van der Waals surface area contributed by atoms with Crippen molar-refractivity contribution in [1.82, 2.24) is 9.97 Å². The second-order valence-electron chi connectivity index (χ2n) is 7.28. The van der Waals surface area contributed by atoms with Crippen molar-refractivity contribution >= 4 is 28.9 Å². The van der Waals surface area contributed by atoms with Crippen molar-refractivity contribution in [1.29, 1.82) is 5.26 Å². The molecule has 2 aromatic rings. The zero-order chi connectivity index (χ0) is 20.3. The molecule has 2 aliphatic heterocycles. The predicted molar refractivity (Wildman–Crippen MR) is 110 cm³/mol. The highest BCUT2D eigenvalue weighted by atomic mass is 16.5. The van der Waals surface area contributed by atoms with Crippen LogP contribution < -0.4 is 15.1 Å². The molecule has 0 saturated carbocycles. The lowest BCUT2D eigenvalue weighted by molar-refractivity contribution is -0.123. The van der Waals surface area contributed by atoms with Crippen LogP contribution in [0.2, 0.25) is 0 Å². The number of hydrogen-bond donors (Lipinski definition) is 1. The molecule has 0 radical (unpaired) electrons. The van der Waals surface area contributed by atoms with Gasteiger partial charge in [-0.3, -0.25) is 4.79 Å². The zero-order valence-corrected chi connectivity index (χ0v) is 16.5. The summed E-state index contributed by atoms with van der Waals surface area (Å²) in [5.41, 5.74) is 0.895. The molecule has 0 spiro atoms. The Morgan fingerprint density at radius 2 is 2.00 bits per heavy atom. The van der Waals surface area contributed by atoms with E-state index in [-0.39, 0.29) is 5.91 Å². The van der Waals surface area contributed by atoms with Crippen LogP contribution in [-0.2, 0) is 9.53 Å². The summed E-state index contributed by atoms with van der Waals surface area (Å²) in [7, 11) is 0. The van der Waals surface area contributed by atoms with Crippen LogP contribution >= 0.6 is 0 Å². The summed E-state index contributed by atoms with van der Waals surface area (Å²) in [4.78, 5) is 25.5. The first-order valence-corrected chi connectivity index (χ1v) is 9.90. The van der Waals surface area contributed by atoms with Gasteiger partial charge in [0.25, 0.3) is 0 Å². The normalized spacial score (nSPS) is 21.9. The van der Waals surface area contributed by atoms with Crippen molar-refractivity contribution < 1.29 is 9.53 Å². The van der Waals surface area contributed by atoms with Crippen molar-refractivity contribution in [3.63, 3.8) is 0 Å². The molecule has 1 atom stereocenters. The number of morpholine rings is 1. The van der Waals surface area contributed by atoms with Gasteiger partial charge in [-0.05, 0) is 31.0 Å². The highest BCUT2D eigenvalue weighted by Crippen LogP contribution is 2.37. The van der Waals surface area contributed by atoms with Crippen molar-refractivity contribution in [2.45, 2.75) is 19.8 Å². The SMILES string of the molecule is CCC1(C#N)CCN(c2ccnc(Nc3ccc(N4CCOCC4)cn3)c2)C1=O. The van der Waals surface area contributed by atoms with E-state index in [1.807, 2.05) is 31.3 Å². The number of pyridine rings is 2. The summed E-state index contributed by atoms with van der Waals surface area (Å²) in [5, 5.41) is 12.7. The minimum atomic E-state index is -0.909. The minimum Gasteiger partial charge on any atom is -0.378 e. The van der Waals surface area contributed by atoms with Crippen molar-refractivity contribution in [2.24, 2.45) is 5.41 Å². The van der Waals surface area contributed by atoms with E-state index in [0.29, 0.717) is 31.0 Å². The maximum atomic E-state index is 12.8. The number of nitriles is 1. The fourth-order valence-corrected chi connectivity index (χ4v) is 3.78. The Morgan fingerprint density at radius 3 is 2.66 bits per heavy atom. The van der Waals surface area contributed by atoms with E-state index in [1.165, 1.54) is 0 Å². The molecule has 2 fully saturated rings. The molecule has 29 heavy (non-hydrogen) atoms. The lowest BCUT2D eigenvalue weighted by Gasteiger charge is -2.28. The summed E-state index contributed by atoms with van der Waals surface area (Å²) in [6.07, 6.45) is 4.57. The molecule has 4 heterocycles. The fourth-order valence-electron chi connectivity index (χ4n) is 3.78. The average molecular weight is 392 g/mol. The zero-order valence-electron chi connectivity index (χ0n) is 16.5. The van der Waals surface area contributed by atoms with Crippen LogP contribution in [0.5, 0.6) is 0 Å². The van der Waals surface area contributed by atoms with Crippen LogP contribution in [0.4, 0.5) is 23.0 Å². The molecule has 2 aromatic heterocycles. The number of anilines is 4. The van der Waals surface area contributed by atoms with Gasteiger partial charge in [0, 0.05) is 37.6 Å². The average Bonchev–Trinajstić information content (AvgIpc) is 3.12. The van der Waals surface area contributed by atoms with E-state index in [9.17, 15) is 10.1 Å². The summed E-state index contributed by atoms with van der Waals surface area (Å²) in [6, 6.07) is 9.77. The number of rotatable bonds is 5. The third-order valence-corrected chi connectivity index (χ3v) is 5.67. The lowest BCUT2D eigenvalue weighted by Crippen LogP contribution is -2.36. The number of hydrogen-bond acceptors (Lipinski definition) is 7. The summed E-state index contributed by atoms with van der Waals surface area (Å²) < 4.78 is 5.38. The Morgan fingerprint density at radius 1 is 1.17 bits per heavy atom. The quantitative estimate of drug-likeness (QED) is 0.836. The topological polar surface area (TPSA) is 94.4 Å². The van der Waals surface area contributed by atoms with Crippen molar-refractivity contribution in [2.75, 3.05) is 48.0 Å². The van der Waals surface area contributed by atoms with Gasteiger partial charge in [0.1, 0.15) is 17.1 Å². The van der Waals surface area contributed by atoms with Crippen LogP contribution in [0.15, 0.2) is 36.7 Å². The number of amides is 1. The predicted octanol–water partition coefficient (Wildman–Crippen LogP) is 2.71. The number of nitrogens with zero attached hydrogens (tertiary/aromatic N) is 5. The molecule has 8 heteroatoms. The Hall–Kier alpha value is -3.18. The molecule has 0 aromatic carbocycles. The first-order valence-electron chi connectivity index (χ1n) is 9.90. The maximum absolute atomic E-state index is 12.8. The molecule has 1 amide bonds. The van der Waals surface area contributed by atoms with E-state index in [4.69, 9.17) is 4.74 Å². The van der Waals surface area contributed by atoms with E-state index >= 15 is 0 Å². The molecule has 0 aliphatic carbocycles. The molecule has 1 unspecified atom stereocenters. The van der Waals surface area contributed by atoms with Gasteiger partial charge in [0.2, 0.25) is 5.91 Å². The van der Waals surface area contributed by atoms with Gasteiger partial charge in [-0.15, -0.1) is 0 Å². The smallest absolute Gasteiger partial charge is 0.247 e. The molecular formula is C21H24N6O2. The summed E-state index contributed by atoms with van der Waals surface area (Å²) in [6.45, 7) is 5.62. The minimum absolute atomic E-state index is 0.132. The summed E-state index contributed by atoms with van der Waals surface area (Å²) >= 11 is 0. The Kier molecular flexibility index (Phi) is 5.32. The molecule has 4 rings (SSSR count). The lowest BCUT2D eigenvalue weighted by atomic mass is 9.85. The number of carbonyl (C=O) groups is 1. The molecule has 1 N–H and O–H groups in total. The largest absolute Gasteiger partial charge is 0.378 e. The maximum Gasteiger partial charge on any atom is 0.247 e. The Bertz CT molecular complexity index is 920.